The normalized spacial score (nSPS) is 12.8. The Labute approximate surface area is 149 Å². The zero-order chi connectivity index (χ0) is 18.8. The van der Waals surface area contributed by atoms with Crippen LogP contribution in [0.1, 0.15) is 42.4 Å². The van der Waals surface area contributed by atoms with E-state index in [0.29, 0.717) is 0 Å². The largest absolute Gasteiger partial charge is 0.349 e. The molecule has 0 radical (unpaired) electrons. The molecule has 0 saturated heterocycles. The van der Waals surface area contributed by atoms with Crippen molar-refractivity contribution in [3.05, 3.63) is 46.8 Å². The lowest BCUT2D eigenvalue weighted by atomic mass is 10.1. The molecule has 136 valence electrons. The molecule has 1 aromatic carbocycles. The van der Waals surface area contributed by atoms with Crippen molar-refractivity contribution in [2.45, 2.75) is 51.6 Å². The number of carbonyl (C=O) groups is 1. The third-order valence-electron chi connectivity index (χ3n) is 4.26. The van der Waals surface area contributed by atoms with Gasteiger partial charge in [-0.1, -0.05) is 12.1 Å². The van der Waals surface area contributed by atoms with E-state index in [-0.39, 0.29) is 23.3 Å². The number of nitrogens with one attached hydrogen (secondary N) is 1. The van der Waals surface area contributed by atoms with E-state index in [1.165, 1.54) is 12.1 Å². The highest BCUT2D eigenvalue weighted by molar-refractivity contribution is 7.90. The summed E-state index contributed by atoms with van der Waals surface area (Å²) in [4.78, 5) is 12.6. The molecule has 1 unspecified atom stereocenters. The van der Waals surface area contributed by atoms with Gasteiger partial charge in [0.1, 0.15) is 0 Å². The van der Waals surface area contributed by atoms with Crippen molar-refractivity contribution in [3.8, 4) is 0 Å². The van der Waals surface area contributed by atoms with Crippen molar-refractivity contribution in [2.24, 2.45) is 0 Å². The van der Waals surface area contributed by atoms with Gasteiger partial charge in [0.2, 0.25) is 5.91 Å². The molecule has 1 atom stereocenters. The molecule has 0 aliphatic rings. The monoisotopic (exact) mass is 363 g/mol. The summed E-state index contributed by atoms with van der Waals surface area (Å²) in [7, 11) is -3.22. The SMILES string of the molecule is CCn1nc(C)c(C(C)NC(=O)Cc2ccc(S(C)(=O)=O)cc2)c1C. The Hall–Kier alpha value is -2.15. The van der Waals surface area contributed by atoms with Crippen LogP contribution in [0.15, 0.2) is 29.2 Å². The van der Waals surface area contributed by atoms with E-state index in [2.05, 4.69) is 10.4 Å². The number of hydrogen-bond donors (Lipinski definition) is 1. The van der Waals surface area contributed by atoms with Crippen molar-refractivity contribution in [1.29, 1.82) is 0 Å². The number of aromatic nitrogens is 2. The summed E-state index contributed by atoms with van der Waals surface area (Å²) < 4.78 is 24.9. The average Bonchev–Trinajstić information content (AvgIpc) is 2.80. The van der Waals surface area contributed by atoms with Gasteiger partial charge in [-0.3, -0.25) is 9.48 Å². The highest BCUT2D eigenvalue weighted by Gasteiger charge is 2.19. The second-order valence-electron chi connectivity index (χ2n) is 6.28. The van der Waals surface area contributed by atoms with Crippen LogP contribution in [-0.4, -0.2) is 30.4 Å². The highest BCUT2D eigenvalue weighted by atomic mass is 32.2. The molecule has 0 fully saturated rings. The minimum Gasteiger partial charge on any atom is -0.349 e. The number of sulfone groups is 1. The summed E-state index contributed by atoms with van der Waals surface area (Å²) in [5, 5.41) is 7.48. The summed E-state index contributed by atoms with van der Waals surface area (Å²) in [6.45, 7) is 8.72. The third kappa shape index (κ3) is 4.48. The van der Waals surface area contributed by atoms with Gasteiger partial charge in [0, 0.05) is 24.1 Å². The Morgan fingerprint density at radius 2 is 1.84 bits per heavy atom. The average molecular weight is 363 g/mol. The third-order valence-corrected chi connectivity index (χ3v) is 5.39. The van der Waals surface area contributed by atoms with E-state index in [9.17, 15) is 13.2 Å². The first-order valence-electron chi connectivity index (χ1n) is 8.25. The maximum atomic E-state index is 12.3. The van der Waals surface area contributed by atoms with Crippen LogP contribution in [0.4, 0.5) is 0 Å². The van der Waals surface area contributed by atoms with Crippen molar-refractivity contribution in [1.82, 2.24) is 15.1 Å². The van der Waals surface area contributed by atoms with Crippen LogP contribution < -0.4 is 5.32 Å². The fraction of sp³-hybridized carbons (Fsp3) is 0.444. The molecule has 7 heteroatoms. The summed E-state index contributed by atoms with van der Waals surface area (Å²) in [6, 6.07) is 6.27. The lowest BCUT2D eigenvalue weighted by Gasteiger charge is -2.15. The Bertz CT molecular complexity index is 868. The van der Waals surface area contributed by atoms with E-state index >= 15 is 0 Å². The standard InChI is InChI=1S/C18H25N3O3S/c1-6-21-14(4)18(13(3)20-21)12(2)19-17(22)11-15-7-9-16(10-8-15)25(5,23)24/h7-10,12H,6,11H2,1-5H3,(H,19,22). The second kappa shape index (κ2) is 7.39. The summed E-state index contributed by atoms with van der Waals surface area (Å²) in [5.74, 6) is -0.109. The Morgan fingerprint density at radius 1 is 1.24 bits per heavy atom. The summed E-state index contributed by atoms with van der Waals surface area (Å²) in [5.41, 5.74) is 3.80. The Kier molecular flexibility index (Phi) is 5.67. The van der Waals surface area contributed by atoms with Crippen LogP contribution in [0.3, 0.4) is 0 Å². The number of nitrogens with zero attached hydrogens (tertiary/aromatic N) is 2. The van der Waals surface area contributed by atoms with Crippen molar-refractivity contribution >= 4 is 15.7 Å². The van der Waals surface area contributed by atoms with Gasteiger partial charge < -0.3 is 5.32 Å². The highest BCUT2D eigenvalue weighted by Crippen LogP contribution is 2.21. The molecule has 0 saturated carbocycles. The Morgan fingerprint density at radius 3 is 2.32 bits per heavy atom. The first-order chi connectivity index (χ1) is 11.6. The molecule has 0 bridgehead atoms. The van der Waals surface area contributed by atoms with E-state index in [4.69, 9.17) is 0 Å². The molecule has 1 N–H and O–H groups in total. The van der Waals surface area contributed by atoms with Gasteiger partial charge in [-0.15, -0.1) is 0 Å². The van der Waals surface area contributed by atoms with Crippen LogP contribution in [0.25, 0.3) is 0 Å². The molecular formula is C18H25N3O3S. The maximum absolute atomic E-state index is 12.3. The number of aryl methyl sites for hydroxylation is 2. The van der Waals surface area contributed by atoms with Crippen LogP contribution >= 0.6 is 0 Å². The Balaban J connectivity index is 2.06. The molecule has 0 spiro atoms. The van der Waals surface area contributed by atoms with Crippen molar-refractivity contribution in [3.63, 3.8) is 0 Å². The summed E-state index contributed by atoms with van der Waals surface area (Å²) in [6.07, 6.45) is 1.37. The molecule has 2 aromatic rings. The predicted molar refractivity (Wildman–Crippen MR) is 97.2 cm³/mol. The number of benzene rings is 1. The first-order valence-corrected chi connectivity index (χ1v) is 10.1. The van der Waals surface area contributed by atoms with E-state index in [1.807, 2.05) is 32.4 Å². The van der Waals surface area contributed by atoms with Crippen LogP contribution in [0, 0.1) is 13.8 Å². The van der Waals surface area contributed by atoms with Crippen molar-refractivity contribution < 1.29 is 13.2 Å². The van der Waals surface area contributed by atoms with Gasteiger partial charge >= 0.3 is 0 Å². The smallest absolute Gasteiger partial charge is 0.224 e. The molecule has 0 aliphatic heterocycles. The molecular weight excluding hydrogens is 338 g/mol. The van der Waals surface area contributed by atoms with Gasteiger partial charge in [0.25, 0.3) is 0 Å². The van der Waals surface area contributed by atoms with Gasteiger partial charge in [0.05, 0.1) is 23.1 Å². The molecule has 2 rings (SSSR count). The second-order valence-corrected chi connectivity index (χ2v) is 8.30. The lowest BCUT2D eigenvalue weighted by molar-refractivity contribution is -0.121. The van der Waals surface area contributed by atoms with Gasteiger partial charge in [-0.25, -0.2) is 8.42 Å². The minimum atomic E-state index is -3.22. The molecule has 1 aromatic heterocycles. The zero-order valence-electron chi connectivity index (χ0n) is 15.3. The van der Waals surface area contributed by atoms with E-state index in [0.717, 1.165) is 35.3 Å². The van der Waals surface area contributed by atoms with E-state index in [1.54, 1.807) is 12.1 Å². The first kappa shape index (κ1) is 19.2. The lowest BCUT2D eigenvalue weighted by Crippen LogP contribution is -2.28. The quantitative estimate of drug-likeness (QED) is 0.854. The van der Waals surface area contributed by atoms with Crippen LogP contribution in [0.5, 0.6) is 0 Å². The molecule has 25 heavy (non-hydrogen) atoms. The molecule has 1 heterocycles. The number of amides is 1. The van der Waals surface area contributed by atoms with Crippen molar-refractivity contribution in [2.75, 3.05) is 6.26 Å². The zero-order valence-corrected chi connectivity index (χ0v) is 16.1. The molecule has 0 aliphatic carbocycles. The van der Waals surface area contributed by atoms with E-state index < -0.39 is 9.84 Å². The van der Waals surface area contributed by atoms with Crippen LogP contribution in [-0.2, 0) is 27.6 Å². The number of hydrogen-bond acceptors (Lipinski definition) is 4. The van der Waals surface area contributed by atoms with Gasteiger partial charge in [-0.2, -0.15) is 5.10 Å². The number of rotatable bonds is 6. The van der Waals surface area contributed by atoms with Gasteiger partial charge in [0.15, 0.2) is 9.84 Å². The fourth-order valence-corrected chi connectivity index (χ4v) is 3.68. The topological polar surface area (TPSA) is 81.1 Å². The number of carbonyl (C=O) groups excluding carboxylic acids is 1. The summed E-state index contributed by atoms with van der Waals surface area (Å²) >= 11 is 0. The molecule has 1 amide bonds. The van der Waals surface area contributed by atoms with Gasteiger partial charge in [-0.05, 0) is 45.4 Å². The fourth-order valence-electron chi connectivity index (χ4n) is 3.05. The predicted octanol–water partition coefficient (Wildman–Crippen LogP) is 2.34. The maximum Gasteiger partial charge on any atom is 0.224 e. The molecule has 6 nitrogen and oxygen atoms in total. The van der Waals surface area contributed by atoms with Crippen LogP contribution in [0.2, 0.25) is 0 Å². The minimum absolute atomic E-state index is 0.109.